The van der Waals surface area contributed by atoms with Crippen LogP contribution in [0.25, 0.3) is 0 Å². The van der Waals surface area contributed by atoms with Gasteiger partial charge >= 0.3 is 5.97 Å². The Hall–Kier alpha value is -1.79. The van der Waals surface area contributed by atoms with E-state index in [-0.39, 0.29) is 0 Å². The van der Waals surface area contributed by atoms with E-state index in [1.165, 1.54) is 0 Å². The quantitative estimate of drug-likeness (QED) is 0.717. The van der Waals surface area contributed by atoms with Crippen LogP contribution in [0, 0.1) is 5.95 Å². The number of carboxylic acid groups (broad SMARTS) is 1. The summed E-state index contributed by atoms with van der Waals surface area (Å²) in [5, 5.41) is 8.48. The molecule has 0 bridgehead atoms. The Morgan fingerprint density at radius 1 is 1.57 bits per heavy atom. The maximum atomic E-state index is 12.6. The Morgan fingerprint density at radius 3 is 2.57 bits per heavy atom. The topological polar surface area (TPSA) is 76.2 Å². The van der Waals surface area contributed by atoms with E-state index in [1.54, 1.807) is 0 Å². The van der Waals surface area contributed by atoms with Gasteiger partial charge < -0.3 is 10.8 Å². The molecule has 0 aliphatic carbocycles. The number of hydrogen-bond acceptors (Lipinski definition) is 3. The summed E-state index contributed by atoms with van der Waals surface area (Å²) in [6, 6.07) is 0.490. The molecular weight excluding hydrogens is 201 g/mol. The molecule has 3 N–H and O–H groups in total. The average Bonchev–Trinajstić information content (AvgIpc) is 2.07. The van der Waals surface area contributed by atoms with Gasteiger partial charge in [0, 0.05) is 6.07 Å². The van der Waals surface area contributed by atoms with Crippen molar-refractivity contribution in [3.63, 3.8) is 0 Å². The van der Waals surface area contributed by atoms with Gasteiger partial charge in [-0.3, -0.25) is 0 Å². The molecule has 0 saturated heterocycles. The molecule has 0 saturated carbocycles. The zero-order valence-electron chi connectivity index (χ0n) is 6.67. The van der Waals surface area contributed by atoms with E-state index < -0.39 is 35.3 Å². The van der Waals surface area contributed by atoms with E-state index in [1.807, 2.05) is 0 Å². The summed E-state index contributed by atoms with van der Waals surface area (Å²) in [7, 11) is 0. The van der Waals surface area contributed by atoms with E-state index in [0.29, 0.717) is 6.07 Å². The summed E-state index contributed by atoms with van der Waals surface area (Å²) < 4.78 is 36.9. The monoisotopic (exact) mass is 206 g/mol. The number of rotatable bonds is 2. The maximum Gasteiger partial charge on any atom is 0.338 e. The van der Waals surface area contributed by atoms with E-state index in [4.69, 9.17) is 10.8 Å². The third-order valence-electron chi connectivity index (χ3n) is 1.49. The lowest BCUT2D eigenvalue weighted by Gasteiger charge is -2.06. The summed E-state index contributed by atoms with van der Waals surface area (Å²) >= 11 is 0. The molecule has 0 spiro atoms. The molecule has 0 aromatic carbocycles. The first-order valence-electron chi connectivity index (χ1n) is 3.41. The number of carbonyl (C=O) groups is 1. The second-order valence-electron chi connectivity index (χ2n) is 2.40. The Morgan fingerprint density at radius 2 is 2.14 bits per heavy atom. The van der Waals surface area contributed by atoms with E-state index in [0.717, 1.165) is 0 Å². The van der Waals surface area contributed by atoms with Gasteiger partial charge in [0.2, 0.25) is 5.95 Å². The first kappa shape index (κ1) is 10.3. The summed E-state index contributed by atoms with van der Waals surface area (Å²) in [6.07, 6.45) is -3.11. The van der Waals surface area contributed by atoms with Crippen LogP contribution in [0.4, 0.5) is 18.9 Å². The fourth-order valence-electron chi connectivity index (χ4n) is 0.886. The van der Waals surface area contributed by atoms with Gasteiger partial charge in [0.05, 0.1) is 11.3 Å². The number of nitrogen functional groups attached to an aromatic ring is 1. The van der Waals surface area contributed by atoms with Crippen LogP contribution in [0.5, 0.6) is 0 Å². The highest BCUT2D eigenvalue weighted by atomic mass is 19.3. The number of nitrogens with zero attached hydrogens (tertiary/aromatic N) is 1. The molecule has 7 heteroatoms. The zero-order valence-corrected chi connectivity index (χ0v) is 6.67. The standard InChI is InChI=1S/C7H5F3N2O2/c8-3-1-2(7(13)14)4(11)5(12-3)6(9)10/h1,6H,11H2,(H,13,14). The second kappa shape index (κ2) is 3.52. The van der Waals surface area contributed by atoms with Crippen molar-refractivity contribution in [1.29, 1.82) is 0 Å². The van der Waals surface area contributed by atoms with Gasteiger partial charge in [0.15, 0.2) is 0 Å². The molecule has 14 heavy (non-hydrogen) atoms. The highest BCUT2D eigenvalue weighted by molar-refractivity contribution is 5.94. The van der Waals surface area contributed by atoms with Crippen LogP contribution in [0.3, 0.4) is 0 Å². The number of anilines is 1. The molecular formula is C7H5F3N2O2. The minimum atomic E-state index is -3.11. The molecule has 1 aromatic rings. The average molecular weight is 206 g/mol. The highest BCUT2D eigenvalue weighted by Crippen LogP contribution is 2.26. The van der Waals surface area contributed by atoms with Gasteiger partial charge in [-0.05, 0) is 0 Å². The first-order valence-corrected chi connectivity index (χ1v) is 3.41. The smallest absolute Gasteiger partial charge is 0.338 e. The lowest BCUT2D eigenvalue weighted by molar-refractivity contribution is 0.0696. The van der Waals surface area contributed by atoms with Crippen LogP contribution >= 0.6 is 0 Å². The summed E-state index contributed by atoms with van der Waals surface area (Å²) in [4.78, 5) is 13.2. The molecule has 1 rings (SSSR count). The van der Waals surface area contributed by atoms with Crippen molar-refractivity contribution in [1.82, 2.24) is 4.98 Å². The van der Waals surface area contributed by atoms with Crippen LogP contribution < -0.4 is 5.73 Å². The van der Waals surface area contributed by atoms with Gasteiger partial charge in [-0.15, -0.1) is 0 Å². The minimum absolute atomic E-state index is 0.490. The zero-order chi connectivity index (χ0) is 10.9. The molecule has 0 unspecified atom stereocenters. The van der Waals surface area contributed by atoms with Crippen molar-refractivity contribution in [2.45, 2.75) is 6.43 Å². The van der Waals surface area contributed by atoms with Crippen molar-refractivity contribution in [3.05, 3.63) is 23.3 Å². The highest BCUT2D eigenvalue weighted by Gasteiger charge is 2.21. The van der Waals surface area contributed by atoms with Crippen LogP contribution in [0.1, 0.15) is 22.5 Å². The SMILES string of the molecule is Nc1c(C(=O)O)cc(F)nc1C(F)F. The van der Waals surface area contributed by atoms with Crippen LogP contribution in [-0.4, -0.2) is 16.1 Å². The maximum absolute atomic E-state index is 12.6. The summed E-state index contributed by atoms with van der Waals surface area (Å²) in [5.74, 6) is -2.88. The number of pyridine rings is 1. The van der Waals surface area contributed by atoms with Gasteiger partial charge in [0.25, 0.3) is 6.43 Å². The summed E-state index contributed by atoms with van der Waals surface area (Å²) in [5.41, 5.74) is 2.58. The van der Waals surface area contributed by atoms with Gasteiger partial charge in [-0.25, -0.2) is 18.6 Å². The fraction of sp³-hybridized carbons (Fsp3) is 0.143. The predicted octanol–water partition coefficient (Wildman–Crippen LogP) is 1.44. The lowest BCUT2D eigenvalue weighted by Crippen LogP contribution is -2.09. The van der Waals surface area contributed by atoms with Crippen LogP contribution in [0.15, 0.2) is 6.07 Å². The Bertz CT molecular complexity index is 381. The number of carboxylic acids is 1. The normalized spacial score (nSPS) is 10.6. The van der Waals surface area contributed by atoms with E-state index >= 15 is 0 Å². The molecule has 0 aliphatic rings. The molecule has 0 atom stereocenters. The number of halogens is 3. The number of nitrogens with two attached hydrogens (primary N) is 1. The number of aromatic carboxylic acids is 1. The lowest BCUT2D eigenvalue weighted by atomic mass is 10.2. The van der Waals surface area contributed by atoms with Crippen LogP contribution in [-0.2, 0) is 0 Å². The predicted molar refractivity (Wildman–Crippen MR) is 40.5 cm³/mol. The van der Waals surface area contributed by atoms with Crippen LogP contribution in [0.2, 0.25) is 0 Å². The summed E-state index contributed by atoms with van der Waals surface area (Å²) in [6.45, 7) is 0. The van der Waals surface area contributed by atoms with Crippen molar-refractivity contribution < 1.29 is 23.1 Å². The van der Waals surface area contributed by atoms with E-state index in [9.17, 15) is 18.0 Å². The Kier molecular flexibility index (Phi) is 2.59. The van der Waals surface area contributed by atoms with Gasteiger partial charge in [-0.2, -0.15) is 4.39 Å². The van der Waals surface area contributed by atoms with Crippen molar-refractivity contribution >= 4 is 11.7 Å². The molecule has 1 heterocycles. The number of hydrogen-bond donors (Lipinski definition) is 2. The van der Waals surface area contributed by atoms with Gasteiger partial charge in [0.1, 0.15) is 5.69 Å². The second-order valence-corrected chi connectivity index (χ2v) is 2.40. The Balaban J connectivity index is 3.40. The van der Waals surface area contributed by atoms with Crippen molar-refractivity contribution in [3.8, 4) is 0 Å². The number of alkyl halides is 2. The fourth-order valence-corrected chi connectivity index (χ4v) is 0.886. The number of aromatic nitrogens is 1. The molecule has 0 radical (unpaired) electrons. The molecule has 76 valence electrons. The van der Waals surface area contributed by atoms with Gasteiger partial charge in [-0.1, -0.05) is 0 Å². The molecule has 0 amide bonds. The molecule has 1 aromatic heterocycles. The van der Waals surface area contributed by atoms with E-state index in [2.05, 4.69) is 4.98 Å². The molecule has 0 aliphatic heterocycles. The first-order chi connectivity index (χ1) is 6.43. The van der Waals surface area contributed by atoms with Crippen molar-refractivity contribution in [2.75, 3.05) is 5.73 Å². The van der Waals surface area contributed by atoms with Crippen molar-refractivity contribution in [2.24, 2.45) is 0 Å². The Labute approximate surface area is 76.2 Å². The molecule has 0 fully saturated rings. The third-order valence-corrected chi connectivity index (χ3v) is 1.49. The minimum Gasteiger partial charge on any atom is -0.478 e. The third kappa shape index (κ3) is 1.76. The largest absolute Gasteiger partial charge is 0.478 e. The molecule has 4 nitrogen and oxygen atoms in total.